The third-order valence-corrected chi connectivity index (χ3v) is 10.1. The van der Waals surface area contributed by atoms with Crippen molar-refractivity contribution in [3.8, 4) is 33.4 Å². The number of nitrogens with zero attached hydrogens (tertiary/aromatic N) is 1. The Morgan fingerprint density at radius 2 is 0.956 bits per heavy atom. The van der Waals surface area contributed by atoms with Gasteiger partial charge in [0.1, 0.15) is 0 Å². The van der Waals surface area contributed by atoms with Crippen molar-refractivity contribution in [3.05, 3.63) is 173 Å². The van der Waals surface area contributed by atoms with Gasteiger partial charge in [-0.1, -0.05) is 145 Å². The molecular weight excluding hydrogens is 610 g/mol. The van der Waals surface area contributed by atoms with Gasteiger partial charge in [-0.15, -0.1) is 0 Å². The molecule has 0 N–H and O–H groups in total. The van der Waals surface area contributed by atoms with Gasteiger partial charge in [0.05, 0.1) is 0 Å². The molecule has 8 rings (SSSR count). The van der Waals surface area contributed by atoms with E-state index in [-0.39, 0.29) is 5.41 Å². The minimum atomic E-state index is -0.0722. The molecule has 45 heavy (non-hydrogen) atoms. The summed E-state index contributed by atoms with van der Waals surface area (Å²) in [6, 6.07) is 57.3. The van der Waals surface area contributed by atoms with Crippen LogP contribution in [0.15, 0.2) is 162 Å². The Morgan fingerprint density at radius 1 is 0.422 bits per heavy atom. The Balaban J connectivity index is 1.25. The quantitative estimate of drug-likeness (QED) is 0.181. The molecule has 2 heteroatoms. The van der Waals surface area contributed by atoms with Crippen LogP contribution in [0.3, 0.4) is 0 Å². The van der Waals surface area contributed by atoms with E-state index in [2.05, 4.69) is 192 Å². The van der Waals surface area contributed by atoms with Crippen LogP contribution in [0.2, 0.25) is 0 Å². The van der Waals surface area contributed by atoms with E-state index in [4.69, 9.17) is 0 Å². The van der Waals surface area contributed by atoms with Crippen LogP contribution in [0, 0.1) is 0 Å². The summed E-state index contributed by atoms with van der Waals surface area (Å²) in [7, 11) is 0. The lowest BCUT2D eigenvalue weighted by molar-refractivity contribution is 0.660. The fraction of sp³-hybridized carbons (Fsp3) is 0.0698. The van der Waals surface area contributed by atoms with Gasteiger partial charge in [-0.25, -0.2) is 0 Å². The molecule has 0 fully saturated rings. The number of halogens is 1. The monoisotopic (exact) mass is 641 g/mol. The van der Waals surface area contributed by atoms with E-state index in [9.17, 15) is 0 Å². The lowest BCUT2D eigenvalue weighted by Gasteiger charge is -2.28. The van der Waals surface area contributed by atoms with Crippen LogP contribution in [0.4, 0.5) is 17.1 Å². The molecule has 0 aliphatic heterocycles. The van der Waals surface area contributed by atoms with Crippen molar-refractivity contribution in [2.75, 3.05) is 4.90 Å². The largest absolute Gasteiger partial charge is 0.310 e. The molecule has 0 saturated carbocycles. The number of hydrogen-bond acceptors (Lipinski definition) is 1. The predicted molar refractivity (Wildman–Crippen MR) is 195 cm³/mol. The second kappa shape index (κ2) is 10.9. The highest BCUT2D eigenvalue weighted by Gasteiger charge is 2.35. The Kier molecular flexibility index (Phi) is 6.69. The van der Waals surface area contributed by atoms with Crippen molar-refractivity contribution < 1.29 is 0 Å². The van der Waals surface area contributed by atoms with Crippen LogP contribution in [0.25, 0.3) is 44.2 Å². The number of rotatable bonds is 5. The lowest BCUT2D eigenvalue weighted by atomic mass is 9.82. The predicted octanol–water partition coefficient (Wildman–Crippen LogP) is 12.7. The minimum absolute atomic E-state index is 0.0722. The van der Waals surface area contributed by atoms with Gasteiger partial charge in [0.2, 0.25) is 0 Å². The van der Waals surface area contributed by atoms with E-state index in [1.165, 1.54) is 55.3 Å². The molecule has 7 aromatic carbocycles. The smallest absolute Gasteiger partial charge is 0.0465 e. The number of anilines is 3. The van der Waals surface area contributed by atoms with Crippen LogP contribution < -0.4 is 4.90 Å². The summed E-state index contributed by atoms with van der Waals surface area (Å²) >= 11 is 3.74. The molecule has 0 spiro atoms. The Hall–Kier alpha value is -4.92. The van der Waals surface area contributed by atoms with Gasteiger partial charge in [0, 0.05) is 26.9 Å². The molecule has 1 aliphatic carbocycles. The summed E-state index contributed by atoms with van der Waals surface area (Å²) in [4.78, 5) is 2.39. The van der Waals surface area contributed by atoms with Gasteiger partial charge >= 0.3 is 0 Å². The third kappa shape index (κ3) is 4.69. The first-order valence-corrected chi connectivity index (χ1v) is 16.3. The minimum Gasteiger partial charge on any atom is -0.310 e. The highest BCUT2D eigenvalue weighted by atomic mass is 79.9. The van der Waals surface area contributed by atoms with Crippen molar-refractivity contribution in [2.45, 2.75) is 19.3 Å². The molecule has 0 bridgehead atoms. The van der Waals surface area contributed by atoms with Crippen LogP contribution in [0.5, 0.6) is 0 Å². The summed E-state index contributed by atoms with van der Waals surface area (Å²) in [5.41, 5.74) is 13.6. The maximum Gasteiger partial charge on any atom is 0.0465 e. The van der Waals surface area contributed by atoms with Gasteiger partial charge < -0.3 is 4.90 Å². The highest BCUT2D eigenvalue weighted by molar-refractivity contribution is 9.10. The molecule has 0 amide bonds. The molecule has 1 aliphatic rings. The van der Waals surface area contributed by atoms with E-state index in [1.54, 1.807) is 0 Å². The summed E-state index contributed by atoms with van der Waals surface area (Å²) in [6.45, 7) is 4.69. The first-order chi connectivity index (χ1) is 22.0. The van der Waals surface area contributed by atoms with Crippen molar-refractivity contribution in [1.82, 2.24) is 0 Å². The number of hydrogen-bond donors (Lipinski definition) is 0. The Morgan fingerprint density at radius 3 is 1.69 bits per heavy atom. The summed E-state index contributed by atoms with van der Waals surface area (Å²) < 4.78 is 1.12. The molecule has 7 aromatic rings. The van der Waals surface area contributed by atoms with Crippen molar-refractivity contribution >= 4 is 43.8 Å². The standard InChI is InChI=1S/C43H32BrN/c1-43(2)40-15-9-8-13-37(40)38-25-24-34(28-41(38)43)45(32-20-16-30(17-21-32)29-10-4-3-5-11-29)33-22-18-31(19-23-33)35-26-27-42(44)39-14-7-6-12-36(35)39/h3-28H,1-2H3. The van der Waals surface area contributed by atoms with Gasteiger partial charge in [-0.05, 0) is 97.7 Å². The average molecular weight is 643 g/mol. The average Bonchev–Trinajstić information content (AvgIpc) is 3.32. The fourth-order valence-electron chi connectivity index (χ4n) is 7.02. The highest BCUT2D eigenvalue weighted by Crippen LogP contribution is 2.50. The van der Waals surface area contributed by atoms with Crippen LogP contribution in [-0.2, 0) is 5.41 Å². The van der Waals surface area contributed by atoms with Crippen LogP contribution in [-0.4, -0.2) is 0 Å². The maximum absolute atomic E-state index is 3.74. The Labute approximate surface area is 273 Å². The van der Waals surface area contributed by atoms with E-state index in [0.29, 0.717) is 0 Å². The second-order valence-electron chi connectivity index (χ2n) is 12.3. The first-order valence-electron chi connectivity index (χ1n) is 15.5. The van der Waals surface area contributed by atoms with E-state index in [0.717, 1.165) is 21.5 Å². The van der Waals surface area contributed by atoms with Crippen molar-refractivity contribution in [2.24, 2.45) is 0 Å². The molecule has 0 aromatic heterocycles. The van der Waals surface area contributed by atoms with E-state index in [1.807, 2.05) is 0 Å². The third-order valence-electron chi connectivity index (χ3n) is 9.37. The SMILES string of the molecule is CC1(C)c2ccccc2-c2ccc(N(c3ccc(-c4ccccc4)cc3)c3ccc(-c4ccc(Br)c5ccccc45)cc3)cc21. The van der Waals surface area contributed by atoms with E-state index < -0.39 is 0 Å². The van der Waals surface area contributed by atoms with Crippen LogP contribution in [0.1, 0.15) is 25.0 Å². The van der Waals surface area contributed by atoms with E-state index >= 15 is 0 Å². The lowest BCUT2D eigenvalue weighted by Crippen LogP contribution is -2.16. The van der Waals surface area contributed by atoms with Gasteiger partial charge in [0.15, 0.2) is 0 Å². The molecule has 0 saturated heterocycles. The normalized spacial score (nSPS) is 13.0. The number of fused-ring (bicyclic) bond motifs is 4. The summed E-state index contributed by atoms with van der Waals surface area (Å²) in [5, 5.41) is 2.47. The Bertz CT molecular complexity index is 2180. The van der Waals surface area contributed by atoms with Crippen molar-refractivity contribution in [1.29, 1.82) is 0 Å². The topological polar surface area (TPSA) is 3.24 Å². The molecule has 0 heterocycles. The fourth-order valence-corrected chi connectivity index (χ4v) is 7.49. The second-order valence-corrected chi connectivity index (χ2v) is 13.2. The van der Waals surface area contributed by atoms with Gasteiger partial charge in [-0.2, -0.15) is 0 Å². The summed E-state index contributed by atoms with van der Waals surface area (Å²) in [6.07, 6.45) is 0. The zero-order valence-electron chi connectivity index (χ0n) is 25.3. The maximum atomic E-state index is 3.74. The molecule has 216 valence electrons. The zero-order valence-corrected chi connectivity index (χ0v) is 26.9. The molecule has 0 atom stereocenters. The van der Waals surface area contributed by atoms with Gasteiger partial charge in [-0.3, -0.25) is 0 Å². The van der Waals surface area contributed by atoms with Gasteiger partial charge in [0.25, 0.3) is 0 Å². The first kappa shape index (κ1) is 27.6. The molecular formula is C43H32BrN. The molecule has 0 unspecified atom stereocenters. The van der Waals surface area contributed by atoms with Crippen molar-refractivity contribution in [3.63, 3.8) is 0 Å². The van der Waals surface area contributed by atoms with Crippen LogP contribution >= 0.6 is 15.9 Å². The number of benzene rings is 7. The summed E-state index contributed by atoms with van der Waals surface area (Å²) in [5.74, 6) is 0. The molecule has 1 nitrogen and oxygen atoms in total. The zero-order chi connectivity index (χ0) is 30.5. The molecule has 0 radical (unpaired) electrons.